The van der Waals surface area contributed by atoms with Crippen LogP contribution in [0, 0.1) is 0 Å². The van der Waals surface area contributed by atoms with Gasteiger partial charge in [0.25, 0.3) is 5.91 Å². The van der Waals surface area contributed by atoms with Crippen LogP contribution in [0.3, 0.4) is 0 Å². The molecule has 2 rings (SSSR count). The number of aryl methyl sites for hydroxylation is 1. The molecule has 7 heteroatoms. The fraction of sp³-hybridized carbons (Fsp3) is 0.533. The van der Waals surface area contributed by atoms with E-state index in [4.69, 9.17) is 0 Å². The molecule has 0 radical (unpaired) electrons. The summed E-state index contributed by atoms with van der Waals surface area (Å²) < 4.78 is 3.74. The highest BCUT2D eigenvalue weighted by molar-refractivity contribution is 7.98. The highest BCUT2D eigenvalue weighted by atomic mass is 32.2. The Morgan fingerprint density at radius 3 is 2.73 bits per heavy atom. The average Bonchev–Trinajstić information content (AvgIpc) is 3.08. The molecule has 1 N–H and O–H groups in total. The number of carbonyl (C=O) groups is 1. The third kappa shape index (κ3) is 3.35. The van der Waals surface area contributed by atoms with E-state index in [0.29, 0.717) is 24.7 Å². The standard InChI is InChI=1S/C15H23N5OS/c1-6-20-13(7-12(18-20)10(2)3)14(21)16-8-11-9-17-15(22-5)19(11)4/h7,9-10H,6,8H2,1-5H3,(H,16,21). The summed E-state index contributed by atoms with van der Waals surface area (Å²) in [6, 6.07) is 1.88. The third-order valence-electron chi connectivity index (χ3n) is 3.58. The number of carbonyl (C=O) groups excluding carboxylic acids is 1. The van der Waals surface area contributed by atoms with Gasteiger partial charge in [0.1, 0.15) is 5.69 Å². The van der Waals surface area contributed by atoms with E-state index in [-0.39, 0.29) is 5.91 Å². The van der Waals surface area contributed by atoms with Crippen LogP contribution in [-0.2, 0) is 20.1 Å². The van der Waals surface area contributed by atoms with Gasteiger partial charge >= 0.3 is 0 Å². The monoisotopic (exact) mass is 321 g/mol. The minimum absolute atomic E-state index is 0.104. The summed E-state index contributed by atoms with van der Waals surface area (Å²) in [7, 11) is 1.95. The number of thioether (sulfide) groups is 1. The molecule has 0 unspecified atom stereocenters. The Kier molecular flexibility index (Phi) is 5.28. The molecular weight excluding hydrogens is 298 g/mol. The van der Waals surface area contributed by atoms with Crippen molar-refractivity contribution >= 4 is 17.7 Å². The predicted octanol–water partition coefficient (Wildman–Crippen LogP) is 2.41. The van der Waals surface area contributed by atoms with Gasteiger partial charge in [-0.25, -0.2) is 4.98 Å². The average molecular weight is 321 g/mol. The smallest absolute Gasteiger partial charge is 0.269 e. The number of nitrogens with zero attached hydrogens (tertiary/aromatic N) is 4. The number of amides is 1. The molecule has 6 nitrogen and oxygen atoms in total. The molecule has 0 atom stereocenters. The minimum Gasteiger partial charge on any atom is -0.345 e. The summed E-state index contributed by atoms with van der Waals surface area (Å²) in [5, 5.41) is 8.36. The molecule has 0 aliphatic rings. The first-order chi connectivity index (χ1) is 10.5. The van der Waals surface area contributed by atoms with Crippen LogP contribution in [0.2, 0.25) is 0 Å². The summed E-state index contributed by atoms with van der Waals surface area (Å²) in [6.45, 7) is 7.26. The fourth-order valence-electron chi connectivity index (χ4n) is 2.18. The van der Waals surface area contributed by atoms with Gasteiger partial charge in [-0.15, -0.1) is 0 Å². The highest BCUT2D eigenvalue weighted by Gasteiger charge is 2.16. The Balaban J connectivity index is 2.10. The van der Waals surface area contributed by atoms with Crippen molar-refractivity contribution in [3.8, 4) is 0 Å². The Morgan fingerprint density at radius 1 is 1.45 bits per heavy atom. The zero-order chi connectivity index (χ0) is 16.3. The van der Waals surface area contributed by atoms with E-state index in [1.807, 2.05) is 30.9 Å². The molecule has 0 aliphatic carbocycles. The molecule has 2 aromatic rings. The lowest BCUT2D eigenvalue weighted by Gasteiger charge is -2.07. The van der Waals surface area contributed by atoms with Crippen molar-refractivity contribution in [3.63, 3.8) is 0 Å². The Hall–Kier alpha value is -1.76. The Labute approximate surface area is 135 Å². The molecule has 0 bridgehead atoms. The number of imidazole rings is 1. The van der Waals surface area contributed by atoms with Crippen LogP contribution in [-0.4, -0.2) is 31.5 Å². The van der Waals surface area contributed by atoms with Crippen LogP contribution < -0.4 is 5.32 Å². The van der Waals surface area contributed by atoms with Crippen molar-refractivity contribution in [2.45, 2.75) is 44.9 Å². The van der Waals surface area contributed by atoms with E-state index in [1.165, 1.54) is 0 Å². The molecule has 120 valence electrons. The molecule has 2 heterocycles. The second kappa shape index (κ2) is 7.00. The third-order valence-corrected chi connectivity index (χ3v) is 4.32. The fourth-order valence-corrected chi connectivity index (χ4v) is 2.73. The quantitative estimate of drug-likeness (QED) is 0.830. The van der Waals surface area contributed by atoms with Crippen LogP contribution in [0.1, 0.15) is 48.6 Å². The van der Waals surface area contributed by atoms with E-state index in [2.05, 4.69) is 29.2 Å². The van der Waals surface area contributed by atoms with Crippen molar-refractivity contribution < 1.29 is 4.79 Å². The minimum atomic E-state index is -0.104. The van der Waals surface area contributed by atoms with Gasteiger partial charge in [0.15, 0.2) is 5.16 Å². The van der Waals surface area contributed by atoms with E-state index in [9.17, 15) is 4.79 Å². The number of hydrogen-bond donors (Lipinski definition) is 1. The number of aromatic nitrogens is 4. The van der Waals surface area contributed by atoms with Crippen LogP contribution in [0.15, 0.2) is 17.4 Å². The number of nitrogens with one attached hydrogen (secondary N) is 1. The zero-order valence-electron chi connectivity index (χ0n) is 13.8. The molecule has 0 saturated heterocycles. The van der Waals surface area contributed by atoms with Crippen molar-refractivity contribution in [2.75, 3.05) is 6.26 Å². The summed E-state index contributed by atoms with van der Waals surface area (Å²) >= 11 is 1.58. The van der Waals surface area contributed by atoms with Gasteiger partial charge in [0, 0.05) is 13.6 Å². The van der Waals surface area contributed by atoms with Crippen molar-refractivity contribution in [2.24, 2.45) is 7.05 Å². The molecule has 0 fully saturated rings. The normalized spacial score (nSPS) is 11.2. The van der Waals surface area contributed by atoms with Gasteiger partial charge in [0.05, 0.1) is 24.1 Å². The molecule has 0 aliphatic heterocycles. The summed E-state index contributed by atoms with van der Waals surface area (Å²) in [5.74, 6) is 0.203. The van der Waals surface area contributed by atoms with Crippen LogP contribution in [0.25, 0.3) is 0 Å². The van der Waals surface area contributed by atoms with Gasteiger partial charge < -0.3 is 9.88 Å². The van der Waals surface area contributed by atoms with E-state index < -0.39 is 0 Å². The first kappa shape index (κ1) is 16.6. The number of rotatable bonds is 6. The van der Waals surface area contributed by atoms with Crippen molar-refractivity contribution in [1.82, 2.24) is 24.6 Å². The lowest BCUT2D eigenvalue weighted by Crippen LogP contribution is -2.26. The van der Waals surface area contributed by atoms with E-state index in [1.54, 1.807) is 22.6 Å². The second-order valence-electron chi connectivity index (χ2n) is 5.40. The van der Waals surface area contributed by atoms with Gasteiger partial charge in [-0.2, -0.15) is 5.10 Å². The molecule has 22 heavy (non-hydrogen) atoms. The van der Waals surface area contributed by atoms with Gasteiger partial charge in [0.2, 0.25) is 0 Å². The van der Waals surface area contributed by atoms with E-state index in [0.717, 1.165) is 16.5 Å². The van der Waals surface area contributed by atoms with Crippen LogP contribution in [0.5, 0.6) is 0 Å². The molecule has 2 aromatic heterocycles. The summed E-state index contributed by atoms with van der Waals surface area (Å²) in [6.07, 6.45) is 3.78. The first-order valence-electron chi connectivity index (χ1n) is 7.38. The highest BCUT2D eigenvalue weighted by Crippen LogP contribution is 2.16. The maximum atomic E-state index is 12.4. The van der Waals surface area contributed by atoms with Gasteiger partial charge in [-0.1, -0.05) is 25.6 Å². The van der Waals surface area contributed by atoms with Crippen molar-refractivity contribution in [3.05, 3.63) is 29.3 Å². The largest absolute Gasteiger partial charge is 0.345 e. The Bertz CT molecular complexity index is 659. The maximum absolute atomic E-state index is 12.4. The number of hydrogen-bond acceptors (Lipinski definition) is 4. The lowest BCUT2D eigenvalue weighted by atomic mass is 10.1. The van der Waals surface area contributed by atoms with E-state index >= 15 is 0 Å². The molecule has 0 aromatic carbocycles. The molecule has 1 amide bonds. The topological polar surface area (TPSA) is 64.7 Å². The van der Waals surface area contributed by atoms with Crippen molar-refractivity contribution in [1.29, 1.82) is 0 Å². The second-order valence-corrected chi connectivity index (χ2v) is 6.18. The molecule has 0 spiro atoms. The van der Waals surface area contributed by atoms with Gasteiger partial charge in [-0.05, 0) is 25.2 Å². The van der Waals surface area contributed by atoms with Gasteiger partial charge in [-0.3, -0.25) is 9.48 Å². The lowest BCUT2D eigenvalue weighted by molar-refractivity contribution is 0.0939. The van der Waals surface area contributed by atoms with Crippen LogP contribution in [0.4, 0.5) is 0 Å². The molecule has 0 saturated carbocycles. The maximum Gasteiger partial charge on any atom is 0.269 e. The predicted molar refractivity (Wildman–Crippen MR) is 88.1 cm³/mol. The summed E-state index contributed by atoms with van der Waals surface area (Å²) in [5.41, 5.74) is 2.53. The first-order valence-corrected chi connectivity index (χ1v) is 8.60. The van der Waals surface area contributed by atoms with Crippen LogP contribution >= 0.6 is 11.8 Å². The molecular formula is C15H23N5OS. The SMILES string of the molecule is CCn1nc(C(C)C)cc1C(=O)NCc1cnc(SC)n1C. The zero-order valence-corrected chi connectivity index (χ0v) is 14.6. The summed E-state index contributed by atoms with van der Waals surface area (Å²) in [4.78, 5) is 16.7. The Morgan fingerprint density at radius 2 is 2.18 bits per heavy atom.